The van der Waals surface area contributed by atoms with Gasteiger partial charge in [-0.05, 0) is 67.8 Å². The maximum Gasteiger partial charge on any atom is 0.282 e. The van der Waals surface area contributed by atoms with Gasteiger partial charge in [0.05, 0.1) is 18.4 Å². The lowest BCUT2D eigenvalue weighted by atomic mass is 10.0. The first-order valence-electron chi connectivity index (χ1n) is 10.1. The topological polar surface area (TPSA) is 58.6 Å². The van der Waals surface area contributed by atoms with Gasteiger partial charge in [0.1, 0.15) is 11.4 Å². The van der Waals surface area contributed by atoms with E-state index in [0.29, 0.717) is 22.6 Å². The van der Waals surface area contributed by atoms with Crippen LogP contribution < -0.4 is 15.0 Å². The zero-order valence-corrected chi connectivity index (χ0v) is 18.0. The molecule has 0 spiro atoms. The van der Waals surface area contributed by atoms with E-state index < -0.39 is 5.91 Å². The van der Waals surface area contributed by atoms with Crippen molar-refractivity contribution in [3.63, 3.8) is 0 Å². The number of amides is 2. The van der Waals surface area contributed by atoms with Crippen LogP contribution in [-0.2, 0) is 9.59 Å². The van der Waals surface area contributed by atoms with Gasteiger partial charge in [-0.2, -0.15) is 0 Å². The zero-order chi connectivity index (χ0) is 22.1. The third kappa shape index (κ3) is 3.82. The number of anilines is 2. The average Bonchev–Trinajstić information content (AvgIpc) is 2.96. The van der Waals surface area contributed by atoms with Crippen molar-refractivity contribution in [2.24, 2.45) is 0 Å². The molecule has 0 aliphatic carbocycles. The van der Waals surface area contributed by atoms with E-state index in [1.165, 1.54) is 4.90 Å². The Morgan fingerprint density at radius 1 is 0.774 bits per heavy atom. The molecule has 0 radical (unpaired) electrons. The number of hydrogen-bond donors (Lipinski definition) is 1. The summed E-state index contributed by atoms with van der Waals surface area (Å²) in [6, 6.07) is 20.6. The number of nitrogens with zero attached hydrogens (tertiary/aromatic N) is 1. The highest BCUT2D eigenvalue weighted by atomic mass is 16.5. The van der Waals surface area contributed by atoms with Crippen molar-refractivity contribution in [2.45, 2.75) is 20.8 Å². The fourth-order valence-electron chi connectivity index (χ4n) is 3.94. The van der Waals surface area contributed by atoms with Crippen LogP contribution >= 0.6 is 0 Å². The SMILES string of the molecule is COc1ccccc1C1=C(Nc2cc(C)cc(C)c2)C(=O)N(c2cccc(C)c2)C1=O. The predicted octanol–water partition coefficient (Wildman–Crippen LogP) is 5.02. The molecule has 0 atom stereocenters. The molecule has 5 nitrogen and oxygen atoms in total. The maximum atomic E-state index is 13.6. The Morgan fingerprint density at radius 2 is 1.48 bits per heavy atom. The van der Waals surface area contributed by atoms with Crippen LogP contribution in [0.3, 0.4) is 0 Å². The van der Waals surface area contributed by atoms with E-state index in [-0.39, 0.29) is 11.6 Å². The lowest BCUT2D eigenvalue weighted by Crippen LogP contribution is -2.32. The summed E-state index contributed by atoms with van der Waals surface area (Å²) < 4.78 is 5.49. The molecule has 156 valence electrons. The molecule has 0 fully saturated rings. The molecule has 3 aromatic rings. The van der Waals surface area contributed by atoms with Crippen LogP contribution in [0.2, 0.25) is 0 Å². The number of carbonyl (C=O) groups excluding carboxylic acids is 2. The standard InChI is InChI=1S/C26H24N2O3/c1-16-8-7-9-20(15-16)28-25(29)23(21-10-5-6-11-22(21)31-4)24(26(28)30)27-19-13-17(2)12-18(3)14-19/h5-15,27H,1-4H3. The summed E-state index contributed by atoms with van der Waals surface area (Å²) in [5.41, 5.74) is 5.50. The van der Waals surface area contributed by atoms with Crippen molar-refractivity contribution in [3.8, 4) is 5.75 Å². The second kappa shape index (κ2) is 8.11. The second-order valence-electron chi connectivity index (χ2n) is 7.74. The van der Waals surface area contributed by atoms with Crippen molar-refractivity contribution in [1.29, 1.82) is 0 Å². The first-order valence-corrected chi connectivity index (χ1v) is 10.1. The van der Waals surface area contributed by atoms with Crippen molar-refractivity contribution < 1.29 is 14.3 Å². The number of aryl methyl sites for hydroxylation is 3. The van der Waals surface area contributed by atoms with Crippen molar-refractivity contribution >= 4 is 28.8 Å². The molecule has 1 heterocycles. The lowest BCUT2D eigenvalue weighted by Gasteiger charge is -2.16. The average molecular weight is 412 g/mol. The van der Waals surface area contributed by atoms with Gasteiger partial charge in [-0.15, -0.1) is 0 Å². The van der Waals surface area contributed by atoms with E-state index in [1.807, 2.05) is 63.2 Å². The van der Waals surface area contributed by atoms with Gasteiger partial charge < -0.3 is 10.1 Å². The molecular formula is C26H24N2O3. The van der Waals surface area contributed by atoms with Crippen LogP contribution in [0.15, 0.2) is 72.4 Å². The number of methoxy groups -OCH3 is 1. The number of imide groups is 1. The fraction of sp³-hybridized carbons (Fsp3) is 0.154. The van der Waals surface area contributed by atoms with Gasteiger partial charge in [-0.25, -0.2) is 4.90 Å². The molecule has 1 N–H and O–H groups in total. The molecule has 0 aromatic heterocycles. The highest BCUT2D eigenvalue weighted by molar-refractivity contribution is 6.46. The van der Waals surface area contributed by atoms with Crippen LogP contribution in [0.5, 0.6) is 5.75 Å². The molecular weight excluding hydrogens is 388 g/mol. The minimum Gasteiger partial charge on any atom is -0.496 e. The molecule has 1 aliphatic heterocycles. The van der Waals surface area contributed by atoms with Crippen LogP contribution in [0.4, 0.5) is 11.4 Å². The first-order chi connectivity index (χ1) is 14.9. The van der Waals surface area contributed by atoms with Gasteiger partial charge in [-0.1, -0.05) is 36.4 Å². The number of hydrogen-bond acceptors (Lipinski definition) is 4. The van der Waals surface area contributed by atoms with Crippen molar-refractivity contribution in [1.82, 2.24) is 0 Å². The predicted molar refractivity (Wildman–Crippen MR) is 123 cm³/mol. The molecule has 0 unspecified atom stereocenters. The molecule has 4 rings (SSSR count). The van der Waals surface area contributed by atoms with Crippen LogP contribution in [-0.4, -0.2) is 18.9 Å². The summed E-state index contributed by atoms with van der Waals surface area (Å²) in [5.74, 6) is -0.243. The molecule has 0 bridgehead atoms. The van der Waals surface area contributed by atoms with Gasteiger partial charge in [0.15, 0.2) is 0 Å². The highest BCUT2D eigenvalue weighted by Crippen LogP contribution is 2.37. The Kier molecular flexibility index (Phi) is 5.34. The molecule has 31 heavy (non-hydrogen) atoms. The summed E-state index contributed by atoms with van der Waals surface area (Å²) in [5, 5.41) is 3.23. The summed E-state index contributed by atoms with van der Waals surface area (Å²) in [7, 11) is 1.55. The van der Waals surface area contributed by atoms with Crippen molar-refractivity contribution in [3.05, 3.63) is 94.7 Å². The monoisotopic (exact) mass is 412 g/mol. The summed E-state index contributed by atoms with van der Waals surface area (Å²) >= 11 is 0. The second-order valence-corrected chi connectivity index (χ2v) is 7.74. The minimum absolute atomic E-state index is 0.237. The van der Waals surface area contributed by atoms with E-state index in [4.69, 9.17) is 4.74 Å². The smallest absolute Gasteiger partial charge is 0.282 e. The summed E-state index contributed by atoms with van der Waals surface area (Å²) in [4.78, 5) is 28.3. The van der Waals surface area contributed by atoms with E-state index >= 15 is 0 Å². The normalized spacial score (nSPS) is 13.7. The third-order valence-electron chi connectivity index (χ3n) is 5.21. The molecule has 0 saturated carbocycles. The van der Waals surface area contributed by atoms with Crippen molar-refractivity contribution in [2.75, 3.05) is 17.3 Å². The Bertz CT molecular complexity index is 1210. The molecule has 3 aromatic carbocycles. The Hall–Kier alpha value is -3.86. The van der Waals surface area contributed by atoms with Gasteiger partial charge in [0.25, 0.3) is 11.8 Å². The van der Waals surface area contributed by atoms with Crippen LogP contribution in [0.1, 0.15) is 22.3 Å². The number of carbonyl (C=O) groups is 2. The van der Waals surface area contributed by atoms with E-state index in [1.54, 1.807) is 25.3 Å². The summed E-state index contributed by atoms with van der Waals surface area (Å²) in [6.07, 6.45) is 0. The fourth-order valence-corrected chi connectivity index (χ4v) is 3.94. The number of ether oxygens (including phenoxy) is 1. The van der Waals surface area contributed by atoms with Gasteiger partial charge in [0.2, 0.25) is 0 Å². The highest BCUT2D eigenvalue weighted by Gasteiger charge is 2.41. The van der Waals surface area contributed by atoms with E-state index in [9.17, 15) is 9.59 Å². The largest absolute Gasteiger partial charge is 0.496 e. The number of rotatable bonds is 5. The van der Waals surface area contributed by atoms with Gasteiger partial charge >= 0.3 is 0 Å². The van der Waals surface area contributed by atoms with E-state index in [0.717, 1.165) is 22.4 Å². The van der Waals surface area contributed by atoms with Gasteiger partial charge in [-0.3, -0.25) is 9.59 Å². The molecule has 0 saturated heterocycles. The molecule has 1 aliphatic rings. The zero-order valence-electron chi connectivity index (χ0n) is 18.0. The number of nitrogens with one attached hydrogen (secondary N) is 1. The quantitative estimate of drug-likeness (QED) is 0.598. The third-order valence-corrected chi connectivity index (χ3v) is 5.21. The Labute approximate surface area is 182 Å². The van der Waals surface area contributed by atoms with Crippen LogP contribution in [0.25, 0.3) is 5.57 Å². The molecule has 5 heteroatoms. The van der Waals surface area contributed by atoms with E-state index in [2.05, 4.69) is 11.4 Å². The number of benzene rings is 3. The number of para-hydroxylation sites is 1. The maximum absolute atomic E-state index is 13.6. The minimum atomic E-state index is -0.393. The molecule has 2 amide bonds. The van der Waals surface area contributed by atoms with Gasteiger partial charge in [0, 0.05) is 11.3 Å². The van der Waals surface area contributed by atoms with Crippen LogP contribution in [0, 0.1) is 20.8 Å². The summed E-state index contributed by atoms with van der Waals surface area (Å²) in [6.45, 7) is 5.92. The lowest BCUT2D eigenvalue weighted by molar-refractivity contribution is -0.120. The Balaban J connectivity index is 1.88. The first kappa shape index (κ1) is 20.4. The Morgan fingerprint density at radius 3 is 2.16 bits per heavy atom.